The van der Waals surface area contributed by atoms with E-state index < -0.39 is 0 Å². The minimum atomic E-state index is 0.369. The van der Waals surface area contributed by atoms with Gasteiger partial charge < -0.3 is 4.52 Å². The van der Waals surface area contributed by atoms with Gasteiger partial charge in [0.1, 0.15) is 0 Å². The van der Waals surface area contributed by atoms with Gasteiger partial charge in [-0.05, 0) is 37.9 Å². The molecule has 1 aromatic carbocycles. The number of likely N-dealkylation sites (tertiary alicyclic amines) is 1. The molecule has 2 heterocycles. The van der Waals surface area contributed by atoms with Gasteiger partial charge in [-0.15, -0.1) is 0 Å². The van der Waals surface area contributed by atoms with Crippen LogP contribution in [-0.4, -0.2) is 16.6 Å². The monoisotopic (exact) mass is 320 g/mol. The van der Waals surface area contributed by atoms with E-state index in [2.05, 4.69) is 56.3 Å². The number of benzene rings is 1. The van der Waals surface area contributed by atoms with Crippen LogP contribution < -0.4 is 0 Å². The van der Waals surface area contributed by atoms with Crippen molar-refractivity contribution < 1.29 is 4.52 Å². The summed E-state index contributed by atoms with van der Waals surface area (Å²) in [4.78, 5) is 2.47. The van der Waals surface area contributed by atoms with E-state index in [1.807, 2.05) is 6.92 Å². The van der Waals surface area contributed by atoms with E-state index in [9.17, 15) is 0 Å². The van der Waals surface area contributed by atoms with Crippen LogP contribution in [0.2, 0.25) is 0 Å². The molecule has 2 aromatic rings. The second kappa shape index (κ2) is 5.47. The van der Waals surface area contributed by atoms with Crippen LogP contribution in [0, 0.1) is 6.92 Å². The van der Waals surface area contributed by atoms with Crippen LogP contribution in [0.1, 0.15) is 35.9 Å². The first-order chi connectivity index (χ1) is 9.24. The Labute approximate surface area is 121 Å². The zero-order valence-corrected chi connectivity index (χ0v) is 12.6. The molecule has 0 N–H and O–H groups in total. The Morgan fingerprint density at radius 2 is 2.26 bits per heavy atom. The van der Waals surface area contributed by atoms with Crippen molar-refractivity contribution in [1.29, 1.82) is 0 Å². The molecule has 1 aliphatic heterocycles. The van der Waals surface area contributed by atoms with Gasteiger partial charge in [0.15, 0.2) is 5.76 Å². The molecule has 0 bridgehead atoms. The van der Waals surface area contributed by atoms with Crippen LogP contribution in [0.25, 0.3) is 0 Å². The van der Waals surface area contributed by atoms with Gasteiger partial charge in [-0.1, -0.05) is 39.3 Å². The molecule has 1 fully saturated rings. The van der Waals surface area contributed by atoms with Crippen molar-refractivity contribution in [2.75, 3.05) is 6.54 Å². The third-order valence-corrected chi connectivity index (χ3v) is 4.44. The summed E-state index contributed by atoms with van der Waals surface area (Å²) in [6, 6.07) is 10.8. The fourth-order valence-corrected chi connectivity index (χ4v) is 3.13. The van der Waals surface area contributed by atoms with Gasteiger partial charge >= 0.3 is 0 Å². The van der Waals surface area contributed by atoms with E-state index in [1.54, 1.807) is 0 Å². The van der Waals surface area contributed by atoms with Gasteiger partial charge in [-0.3, -0.25) is 4.90 Å². The molecule has 100 valence electrons. The van der Waals surface area contributed by atoms with E-state index in [0.717, 1.165) is 31.0 Å². The molecule has 19 heavy (non-hydrogen) atoms. The lowest BCUT2D eigenvalue weighted by Crippen LogP contribution is -2.22. The molecule has 3 rings (SSSR count). The summed E-state index contributed by atoms with van der Waals surface area (Å²) in [7, 11) is 0. The highest BCUT2D eigenvalue weighted by atomic mass is 79.9. The van der Waals surface area contributed by atoms with Crippen LogP contribution >= 0.6 is 15.9 Å². The summed E-state index contributed by atoms with van der Waals surface area (Å²) in [5, 5.41) is 4.01. The van der Waals surface area contributed by atoms with Gasteiger partial charge in [0.05, 0.1) is 11.7 Å². The van der Waals surface area contributed by atoms with Crippen LogP contribution in [0.15, 0.2) is 39.3 Å². The molecule has 1 aliphatic rings. The predicted octanol–water partition coefficient (Wildman–Crippen LogP) is 4.08. The molecule has 1 saturated heterocycles. The quantitative estimate of drug-likeness (QED) is 0.853. The summed E-state index contributed by atoms with van der Waals surface area (Å²) in [6.45, 7) is 4.04. The number of aryl methyl sites for hydroxylation is 1. The molecule has 0 aliphatic carbocycles. The average Bonchev–Trinajstić information content (AvgIpc) is 3.01. The number of hydrogen-bond acceptors (Lipinski definition) is 3. The molecular formula is C15H17BrN2O. The molecule has 1 atom stereocenters. The highest BCUT2D eigenvalue weighted by Crippen LogP contribution is 2.34. The maximum atomic E-state index is 5.44. The fourth-order valence-electron chi connectivity index (χ4n) is 2.72. The SMILES string of the molecule is Cc1cc([C@H]2CCCN2Cc2ccccc2Br)on1. The Morgan fingerprint density at radius 1 is 1.42 bits per heavy atom. The van der Waals surface area contributed by atoms with Gasteiger partial charge in [-0.2, -0.15) is 0 Å². The molecule has 0 amide bonds. The topological polar surface area (TPSA) is 29.3 Å². The van der Waals surface area contributed by atoms with Crippen LogP contribution in [0.5, 0.6) is 0 Å². The van der Waals surface area contributed by atoms with Gasteiger partial charge in [0.2, 0.25) is 0 Å². The Hall–Kier alpha value is -1.13. The highest BCUT2D eigenvalue weighted by Gasteiger charge is 2.29. The number of nitrogens with zero attached hydrogens (tertiary/aromatic N) is 2. The molecular weight excluding hydrogens is 304 g/mol. The molecule has 0 spiro atoms. The second-order valence-electron chi connectivity index (χ2n) is 5.09. The zero-order valence-electron chi connectivity index (χ0n) is 11.0. The van der Waals surface area contributed by atoms with Gasteiger partial charge in [-0.25, -0.2) is 0 Å². The van der Waals surface area contributed by atoms with Crippen LogP contribution in [0.3, 0.4) is 0 Å². The van der Waals surface area contributed by atoms with E-state index >= 15 is 0 Å². The predicted molar refractivity (Wildman–Crippen MR) is 77.8 cm³/mol. The molecule has 1 aromatic heterocycles. The Bertz CT molecular complexity index is 567. The van der Waals surface area contributed by atoms with Gasteiger partial charge in [0.25, 0.3) is 0 Å². The summed E-state index contributed by atoms with van der Waals surface area (Å²) >= 11 is 3.62. The molecule has 0 saturated carbocycles. The number of halogens is 1. The zero-order chi connectivity index (χ0) is 13.2. The maximum Gasteiger partial charge on any atom is 0.154 e. The van der Waals surface area contributed by atoms with Crippen LogP contribution in [-0.2, 0) is 6.54 Å². The first-order valence-corrected chi connectivity index (χ1v) is 7.44. The van der Waals surface area contributed by atoms with Crippen molar-refractivity contribution in [2.24, 2.45) is 0 Å². The lowest BCUT2D eigenvalue weighted by molar-refractivity contribution is 0.206. The van der Waals surface area contributed by atoms with E-state index in [-0.39, 0.29) is 0 Å². The van der Waals surface area contributed by atoms with Crippen molar-refractivity contribution in [2.45, 2.75) is 32.4 Å². The largest absolute Gasteiger partial charge is 0.359 e. The normalized spacial score (nSPS) is 20.0. The smallest absolute Gasteiger partial charge is 0.154 e. The van der Waals surface area contributed by atoms with Crippen LogP contribution in [0.4, 0.5) is 0 Å². The first kappa shape index (κ1) is 12.9. The third kappa shape index (κ3) is 2.74. The van der Waals surface area contributed by atoms with Crippen molar-refractivity contribution >= 4 is 15.9 Å². The van der Waals surface area contributed by atoms with E-state index in [0.29, 0.717) is 6.04 Å². The Kier molecular flexibility index (Phi) is 3.71. The summed E-state index contributed by atoms with van der Waals surface area (Å²) < 4.78 is 6.62. The minimum Gasteiger partial charge on any atom is -0.359 e. The number of hydrogen-bond donors (Lipinski definition) is 0. The molecule has 0 radical (unpaired) electrons. The minimum absolute atomic E-state index is 0.369. The fraction of sp³-hybridized carbons (Fsp3) is 0.400. The second-order valence-corrected chi connectivity index (χ2v) is 5.94. The van der Waals surface area contributed by atoms with Crippen molar-refractivity contribution in [3.63, 3.8) is 0 Å². The summed E-state index contributed by atoms with van der Waals surface area (Å²) in [5.41, 5.74) is 2.29. The summed E-state index contributed by atoms with van der Waals surface area (Å²) in [6.07, 6.45) is 2.37. The molecule has 3 nitrogen and oxygen atoms in total. The van der Waals surface area contributed by atoms with Gasteiger partial charge in [0, 0.05) is 17.1 Å². The van der Waals surface area contributed by atoms with Crippen molar-refractivity contribution in [3.05, 3.63) is 51.8 Å². The number of rotatable bonds is 3. The molecule has 4 heteroatoms. The standard InChI is InChI=1S/C15H17BrN2O/c1-11-9-15(19-17-11)14-7-4-8-18(14)10-12-5-2-3-6-13(12)16/h2-3,5-6,9,14H,4,7-8,10H2,1H3/t14-/m1/s1. The average molecular weight is 321 g/mol. The number of aromatic nitrogens is 1. The lowest BCUT2D eigenvalue weighted by Gasteiger charge is -2.22. The van der Waals surface area contributed by atoms with Crippen molar-refractivity contribution in [1.82, 2.24) is 10.1 Å². The highest BCUT2D eigenvalue weighted by molar-refractivity contribution is 9.10. The van der Waals surface area contributed by atoms with E-state index in [1.165, 1.54) is 16.5 Å². The van der Waals surface area contributed by atoms with E-state index in [4.69, 9.17) is 4.52 Å². The molecule has 0 unspecified atom stereocenters. The summed E-state index contributed by atoms with van der Waals surface area (Å²) in [5.74, 6) is 1.00. The third-order valence-electron chi connectivity index (χ3n) is 3.67. The maximum absolute atomic E-state index is 5.44. The van der Waals surface area contributed by atoms with Crippen molar-refractivity contribution in [3.8, 4) is 0 Å². The first-order valence-electron chi connectivity index (χ1n) is 6.65. The Balaban J connectivity index is 1.79. The lowest BCUT2D eigenvalue weighted by atomic mass is 10.1. The Morgan fingerprint density at radius 3 is 3.00 bits per heavy atom.